The van der Waals surface area contributed by atoms with Crippen molar-refractivity contribution in [3.63, 3.8) is 0 Å². The van der Waals surface area contributed by atoms with Crippen LogP contribution in [-0.4, -0.2) is 14.4 Å². The maximum Gasteiger partial charge on any atom is 0.172 e. The normalized spacial score (nSPS) is 13.4. The van der Waals surface area contributed by atoms with E-state index in [-0.39, 0.29) is 0 Å². The second kappa shape index (κ2) is 9.09. The number of fused-ring (bicyclic) bond motifs is 10. The number of para-hydroxylation sites is 2. The number of aromatic nitrogens is 3. The van der Waals surface area contributed by atoms with Crippen molar-refractivity contribution in [2.24, 2.45) is 0 Å². The lowest BCUT2D eigenvalue weighted by Gasteiger charge is -2.21. The van der Waals surface area contributed by atoms with Crippen LogP contribution in [0.1, 0.15) is 0 Å². The van der Waals surface area contributed by atoms with E-state index in [0.717, 1.165) is 65.3 Å². The Kier molecular flexibility index (Phi) is 5.14. The van der Waals surface area contributed by atoms with E-state index < -0.39 is 7.14 Å². The van der Waals surface area contributed by atoms with Gasteiger partial charge in [-0.2, -0.15) is 0 Å². The molecule has 1 unspecified atom stereocenters. The summed E-state index contributed by atoms with van der Waals surface area (Å²) < 4.78 is 18.0. The van der Waals surface area contributed by atoms with Gasteiger partial charge in [-0.1, -0.05) is 97.1 Å². The van der Waals surface area contributed by atoms with Gasteiger partial charge in [-0.05, 0) is 58.6 Å². The Morgan fingerprint density at radius 2 is 1.14 bits per heavy atom. The topological polar surface area (TPSA) is 47.3 Å². The highest BCUT2D eigenvalue weighted by atomic mass is 31.2. The molecule has 0 radical (unpaired) electrons. The summed E-state index contributed by atoms with van der Waals surface area (Å²) in [4.78, 5) is 9.85. The number of nitrogens with zero attached hydrogens (tertiary/aromatic N) is 3. The Morgan fingerprint density at radius 1 is 0.488 bits per heavy atom. The number of pyridine rings is 2. The smallest absolute Gasteiger partial charge is 0.172 e. The van der Waals surface area contributed by atoms with Gasteiger partial charge in [0, 0.05) is 38.3 Å². The molecule has 0 aliphatic carbocycles. The summed E-state index contributed by atoms with van der Waals surface area (Å²) in [6.07, 6.45) is 1.79. The van der Waals surface area contributed by atoms with Crippen molar-refractivity contribution in [3.05, 3.63) is 146 Å². The fourth-order valence-electron chi connectivity index (χ4n) is 6.54. The third-order valence-corrected chi connectivity index (χ3v) is 11.6. The molecule has 0 spiro atoms. The van der Waals surface area contributed by atoms with Gasteiger partial charge in [-0.25, -0.2) is 4.98 Å². The second-order valence-electron chi connectivity index (χ2n) is 11.0. The summed E-state index contributed by atoms with van der Waals surface area (Å²) in [7, 11) is -3.36. The van der Waals surface area contributed by atoms with Crippen molar-refractivity contribution in [2.45, 2.75) is 0 Å². The first-order valence-corrected chi connectivity index (χ1v) is 16.1. The average Bonchev–Trinajstić information content (AvgIpc) is 3.47. The van der Waals surface area contributed by atoms with Crippen LogP contribution in [0.25, 0.3) is 60.0 Å². The second-order valence-corrected chi connectivity index (χ2v) is 13.8. The molecule has 0 fully saturated rings. The van der Waals surface area contributed by atoms with Crippen molar-refractivity contribution in [1.82, 2.24) is 14.4 Å². The Bertz CT molecular complexity index is 2540. The van der Waals surface area contributed by atoms with Crippen LogP contribution in [0.2, 0.25) is 0 Å². The number of rotatable bonds is 3. The van der Waals surface area contributed by atoms with Gasteiger partial charge in [0.1, 0.15) is 5.65 Å². The quantitative estimate of drug-likeness (QED) is 0.159. The molecule has 3 aromatic heterocycles. The fraction of sp³-hybridized carbons (Fsp3) is 0. The predicted molar refractivity (Wildman–Crippen MR) is 180 cm³/mol. The van der Waals surface area contributed by atoms with Crippen LogP contribution in [0.5, 0.6) is 0 Å². The molecule has 0 saturated heterocycles. The molecule has 3 heterocycles. The van der Waals surface area contributed by atoms with Gasteiger partial charge in [0.05, 0.1) is 22.1 Å². The van der Waals surface area contributed by atoms with E-state index in [1.807, 2.05) is 60.7 Å². The number of hydrogen-bond acceptors (Lipinski definition) is 3. The van der Waals surface area contributed by atoms with E-state index in [1.165, 1.54) is 5.39 Å². The number of hydrogen-bond donors (Lipinski definition) is 0. The number of imidazole rings is 1. The van der Waals surface area contributed by atoms with Crippen LogP contribution < -0.4 is 15.9 Å². The van der Waals surface area contributed by atoms with E-state index in [1.54, 1.807) is 6.20 Å². The molecule has 0 amide bonds. The molecule has 0 bridgehead atoms. The van der Waals surface area contributed by atoms with Crippen molar-refractivity contribution >= 4 is 83.1 Å². The third kappa shape index (κ3) is 3.54. The van der Waals surface area contributed by atoms with E-state index >= 15 is 4.57 Å². The van der Waals surface area contributed by atoms with Crippen molar-refractivity contribution in [2.75, 3.05) is 0 Å². The third-order valence-electron chi connectivity index (χ3n) is 8.64. The maximum atomic E-state index is 15.8. The highest BCUT2D eigenvalue weighted by Crippen LogP contribution is 2.44. The monoisotopic (exact) mass is 569 g/mol. The van der Waals surface area contributed by atoms with E-state index in [2.05, 4.69) is 83.3 Å². The minimum atomic E-state index is -3.36. The fourth-order valence-corrected chi connectivity index (χ4v) is 9.17. The van der Waals surface area contributed by atoms with Gasteiger partial charge in [-0.3, -0.25) is 9.38 Å². The minimum Gasteiger partial charge on any atom is -0.309 e. The van der Waals surface area contributed by atoms with Gasteiger partial charge >= 0.3 is 0 Å². The summed E-state index contributed by atoms with van der Waals surface area (Å²) in [6, 6.07) is 47.3. The van der Waals surface area contributed by atoms with E-state index in [9.17, 15) is 0 Å². The molecule has 43 heavy (non-hydrogen) atoms. The first kappa shape index (κ1) is 24.3. The zero-order valence-electron chi connectivity index (χ0n) is 23.1. The molecule has 1 atom stereocenters. The molecule has 4 nitrogen and oxygen atoms in total. The molecule has 9 rings (SSSR count). The van der Waals surface area contributed by atoms with Crippen LogP contribution >= 0.6 is 7.14 Å². The van der Waals surface area contributed by atoms with Crippen molar-refractivity contribution < 1.29 is 4.57 Å². The average molecular weight is 570 g/mol. The van der Waals surface area contributed by atoms with Gasteiger partial charge in [0.25, 0.3) is 0 Å². The molecule has 0 N–H and O–H groups in total. The Balaban J connectivity index is 1.38. The SMILES string of the molecule is O=P(c1ccc2ccccc2c1)(c1cnc2ccccc2c1)c1ccc2nc3c4ccccc4c4ccccc4n3c2c1. The van der Waals surface area contributed by atoms with Gasteiger partial charge in [0.2, 0.25) is 0 Å². The molecule has 0 aliphatic rings. The van der Waals surface area contributed by atoms with Gasteiger partial charge in [0.15, 0.2) is 7.14 Å². The van der Waals surface area contributed by atoms with Crippen LogP contribution in [0.4, 0.5) is 0 Å². The summed E-state index contributed by atoms with van der Waals surface area (Å²) in [5.74, 6) is 0. The lowest BCUT2D eigenvalue weighted by Crippen LogP contribution is -2.25. The van der Waals surface area contributed by atoms with E-state index in [4.69, 9.17) is 9.97 Å². The standard InChI is InChI=1S/C38H24N3OP/c42-43(28-18-17-25-9-1-2-10-26(25)21-28,30-22-27-11-3-7-15-34(27)39-24-30)29-19-20-35-37(23-29)41-36-16-8-6-13-32(36)31-12-4-5-14-33(31)38(41)40-35/h1-24H. The van der Waals surface area contributed by atoms with E-state index in [0.29, 0.717) is 5.30 Å². The first-order valence-electron chi connectivity index (χ1n) is 14.4. The summed E-state index contributed by atoms with van der Waals surface area (Å²) >= 11 is 0. The zero-order valence-corrected chi connectivity index (χ0v) is 23.9. The number of benzene rings is 6. The lowest BCUT2D eigenvalue weighted by atomic mass is 10.1. The predicted octanol–water partition coefficient (Wildman–Crippen LogP) is 8.13. The van der Waals surface area contributed by atoms with Crippen LogP contribution in [-0.2, 0) is 4.57 Å². The molecule has 0 saturated carbocycles. The van der Waals surface area contributed by atoms with Crippen LogP contribution in [0.15, 0.2) is 146 Å². The Labute approximate surface area is 247 Å². The lowest BCUT2D eigenvalue weighted by molar-refractivity contribution is 0.592. The van der Waals surface area contributed by atoms with Crippen LogP contribution in [0, 0.1) is 0 Å². The molecule has 0 aliphatic heterocycles. The minimum absolute atomic E-state index is 0.713. The zero-order chi connectivity index (χ0) is 28.5. The van der Waals surface area contributed by atoms with Crippen LogP contribution in [0.3, 0.4) is 0 Å². The molecular formula is C38H24N3OP. The highest BCUT2D eigenvalue weighted by Gasteiger charge is 2.32. The molecule has 202 valence electrons. The molecule has 9 aromatic rings. The van der Waals surface area contributed by atoms with Gasteiger partial charge < -0.3 is 4.57 Å². The van der Waals surface area contributed by atoms with Crippen molar-refractivity contribution in [1.29, 1.82) is 0 Å². The summed E-state index contributed by atoms with van der Waals surface area (Å²) in [5, 5.41) is 8.82. The van der Waals surface area contributed by atoms with Crippen molar-refractivity contribution in [3.8, 4) is 0 Å². The summed E-state index contributed by atoms with van der Waals surface area (Å²) in [6.45, 7) is 0. The maximum absolute atomic E-state index is 15.8. The summed E-state index contributed by atoms with van der Waals surface area (Å²) in [5.41, 5.74) is 4.65. The first-order chi connectivity index (χ1) is 21.2. The Hall–Kier alpha value is -5.31. The Morgan fingerprint density at radius 3 is 2.02 bits per heavy atom. The van der Waals surface area contributed by atoms with Gasteiger partial charge in [-0.15, -0.1) is 0 Å². The highest BCUT2D eigenvalue weighted by molar-refractivity contribution is 7.85. The molecule has 5 heteroatoms. The largest absolute Gasteiger partial charge is 0.309 e. The molecular weight excluding hydrogens is 545 g/mol. The molecule has 6 aromatic carbocycles.